The molecule has 1 aromatic carbocycles. The van der Waals surface area contributed by atoms with Gasteiger partial charge in [-0.15, -0.1) is 0 Å². The number of hydrogen-bond donors (Lipinski definition) is 1. The maximum atomic E-state index is 12.8. The van der Waals surface area contributed by atoms with Crippen molar-refractivity contribution < 1.29 is 23.9 Å². The Labute approximate surface area is 184 Å². The molecule has 1 unspecified atom stereocenters. The second kappa shape index (κ2) is 9.18. The zero-order valence-electron chi connectivity index (χ0n) is 17.6. The van der Waals surface area contributed by atoms with Gasteiger partial charge >= 0.3 is 11.9 Å². The third-order valence-electron chi connectivity index (χ3n) is 4.89. The van der Waals surface area contributed by atoms with Gasteiger partial charge in [0.25, 0.3) is 0 Å². The number of rotatable bonds is 7. The van der Waals surface area contributed by atoms with E-state index in [9.17, 15) is 14.4 Å². The summed E-state index contributed by atoms with van der Waals surface area (Å²) in [5.74, 6) is -1.67. The number of aryl methyl sites for hydroxylation is 1. The van der Waals surface area contributed by atoms with Gasteiger partial charge in [0.1, 0.15) is 0 Å². The molecule has 0 fully saturated rings. The molecule has 0 aliphatic rings. The quantitative estimate of drug-likeness (QED) is 0.440. The highest BCUT2D eigenvalue weighted by Crippen LogP contribution is 2.21. The van der Waals surface area contributed by atoms with E-state index in [1.54, 1.807) is 24.6 Å². The van der Waals surface area contributed by atoms with Crippen LogP contribution in [0.2, 0.25) is 5.02 Å². The summed E-state index contributed by atoms with van der Waals surface area (Å²) in [6.07, 6.45) is 1.83. The van der Waals surface area contributed by atoms with Gasteiger partial charge in [-0.05, 0) is 38.0 Å². The molecule has 1 N–H and O–H groups in total. The van der Waals surface area contributed by atoms with Crippen LogP contribution in [-0.4, -0.2) is 45.7 Å². The molecule has 3 aromatic rings. The normalized spacial score (nSPS) is 11.8. The van der Waals surface area contributed by atoms with Crippen molar-refractivity contribution in [3.63, 3.8) is 0 Å². The van der Waals surface area contributed by atoms with E-state index in [4.69, 9.17) is 21.1 Å². The van der Waals surface area contributed by atoms with Gasteiger partial charge in [0, 0.05) is 16.9 Å². The van der Waals surface area contributed by atoms with E-state index < -0.39 is 23.8 Å². The predicted molar refractivity (Wildman–Crippen MR) is 114 cm³/mol. The van der Waals surface area contributed by atoms with Crippen molar-refractivity contribution in [1.29, 1.82) is 0 Å². The molecular formula is C22H22ClN3O5. The lowest BCUT2D eigenvalue weighted by atomic mass is 10.1. The Morgan fingerprint density at radius 3 is 2.58 bits per heavy atom. The highest BCUT2D eigenvalue weighted by molar-refractivity contribution is 6.31. The Hall–Kier alpha value is -3.39. The molecule has 162 valence electrons. The molecule has 0 radical (unpaired) electrons. The molecule has 0 aliphatic carbocycles. The van der Waals surface area contributed by atoms with Crippen molar-refractivity contribution >= 4 is 29.3 Å². The van der Waals surface area contributed by atoms with Crippen molar-refractivity contribution in [3.8, 4) is 0 Å². The molecule has 9 heteroatoms. The molecule has 2 heterocycles. The summed E-state index contributed by atoms with van der Waals surface area (Å²) in [6, 6.07) is 7.34. The number of hydrogen-bond acceptors (Lipinski definition) is 6. The summed E-state index contributed by atoms with van der Waals surface area (Å²) in [5, 5.41) is 4.76. The van der Waals surface area contributed by atoms with Gasteiger partial charge in [-0.2, -0.15) is 5.10 Å². The third kappa shape index (κ3) is 4.69. The van der Waals surface area contributed by atoms with Gasteiger partial charge in [0.05, 0.1) is 36.7 Å². The lowest BCUT2D eigenvalue weighted by molar-refractivity contribution is 0.0316. The molecule has 3 rings (SSSR count). The van der Waals surface area contributed by atoms with Gasteiger partial charge in [-0.1, -0.05) is 29.8 Å². The molecule has 1 atom stereocenters. The first kappa shape index (κ1) is 22.3. The van der Waals surface area contributed by atoms with Crippen LogP contribution in [0.1, 0.15) is 54.9 Å². The van der Waals surface area contributed by atoms with Crippen LogP contribution in [0.5, 0.6) is 0 Å². The van der Waals surface area contributed by atoms with Crippen LogP contribution in [0.3, 0.4) is 0 Å². The minimum atomic E-state index is -1.07. The SMILES string of the molecule is COC(=O)c1c(C)[nH]c(C(=O)C(C)OC(=O)c2cnn(Cc3ccccc3Cl)c2)c1C. The summed E-state index contributed by atoms with van der Waals surface area (Å²) in [6.45, 7) is 5.16. The van der Waals surface area contributed by atoms with Gasteiger partial charge in [-0.25, -0.2) is 9.59 Å². The number of ketones is 1. The number of Topliss-reactive ketones (excluding diaryl/α,β-unsaturated/α-hetero) is 1. The number of benzene rings is 1. The van der Waals surface area contributed by atoms with E-state index in [-0.39, 0.29) is 11.3 Å². The number of esters is 2. The summed E-state index contributed by atoms with van der Waals surface area (Å²) in [4.78, 5) is 40.1. The molecule has 0 saturated carbocycles. The molecular weight excluding hydrogens is 422 g/mol. The average molecular weight is 444 g/mol. The van der Waals surface area contributed by atoms with E-state index >= 15 is 0 Å². The molecule has 0 bridgehead atoms. The number of methoxy groups -OCH3 is 1. The van der Waals surface area contributed by atoms with E-state index in [1.807, 2.05) is 18.2 Å². The fourth-order valence-electron chi connectivity index (χ4n) is 3.25. The third-order valence-corrected chi connectivity index (χ3v) is 5.25. The Kier molecular flexibility index (Phi) is 6.60. The van der Waals surface area contributed by atoms with Crippen molar-refractivity contribution in [3.05, 3.63) is 75.3 Å². The first-order valence-corrected chi connectivity index (χ1v) is 9.89. The van der Waals surface area contributed by atoms with Crippen LogP contribution >= 0.6 is 11.6 Å². The number of carbonyl (C=O) groups excluding carboxylic acids is 3. The van der Waals surface area contributed by atoms with Crippen molar-refractivity contribution in [2.24, 2.45) is 0 Å². The van der Waals surface area contributed by atoms with Crippen molar-refractivity contribution in [2.75, 3.05) is 7.11 Å². The minimum absolute atomic E-state index is 0.201. The number of ether oxygens (including phenoxy) is 2. The number of aromatic nitrogens is 3. The van der Waals surface area contributed by atoms with Gasteiger partial charge < -0.3 is 14.5 Å². The number of aromatic amines is 1. The lowest BCUT2D eigenvalue weighted by Crippen LogP contribution is -2.25. The number of nitrogens with zero attached hydrogens (tertiary/aromatic N) is 2. The van der Waals surface area contributed by atoms with E-state index in [0.29, 0.717) is 28.4 Å². The van der Waals surface area contributed by atoms with Crippen LogP contribution in [-0.2, 0) is 16.0 Å². The Morgan fingerprint density at radius 2 is 1.90 bits per heavy atom. The summed E-state index contributed by atoms with van der Waals surface area (Å²) in [5.41, 5.74) is 2.52. The minimum Gasteiger partial charge on any atom is -0.465 e. The number of carbonyl (C=O) groups is 3. The number of nitrogens with one attached hydrogen (secondary N) is 1. The smallest absolute Gasteiger partial charge is 0.342 e. The summed E-state index contributed by atoms with van der Waals surface area (Å²) >= 11 is 6.16. The zero-order chi connectivity index (χ0) is 22.7. The van der Waals surface area contributed by atoms with E-state index in [0.717, 1.165) is 5.56 Å². The molecule has 0 amide bonds. The Balaban J connectivity index is 1.70. The van der Waals surface area contributed by atoms with E-state index in [2.05, 4.69) is 10.1 Å². The first-order chi connectivity index (χ1) is 14.7. The second-order valence-electron chi connectivity index (χ2n) is 7.05. The molecule has 31 heavy (non-hydrogen) atoms. The number of halogens is 1. The Morgan fingerprint density at radius 1 is 1.19 bits per heavy atom. The Bertz CT molecular complexity index is 1150. The van der Waals surface area contributed by atoms with Crippen LogP contribution in [0.25, 0.3) is 0 Å². The van der Waals surface area contributed by atoms with Crippen molar-refractivity contribution in [1.82, 2.24) is 14.8 Å². The van der Waals surface area contributed by atoms with Crippen LogP contribution in [0.15, 0.2) is 36.7 Å². The maximum absolute atomic E-state index is 12.8. The molecule has 0 aliphatic heterocycles. The van der Waals surface area contributed by atoms with E-state index in [1.165, 1.54) is 26.4 Å². The van der Waals surface area contributed by atoms with Gasteiger partial charge in [0.15, 0.2) is 6.10 Å². The van der Waals surface area contributed by atoms with Gasteiger partial charge in [-0.3, -0.25) is 9.48 Å². The topological polar surface area (TPSA) is 103 Å². The maximum Gasteiger partial charge on any atom is 0.342 e. The first-order valence-electron chi connectivity index (χ1n) is 9.51. The van der Waals surface area contributed by atoms with Crippen LogP contribution in [0, 0.1) is 13.8 Å². The lowest BCUT2D eigenvalue weighted by Gasteiger charge is -2.11. The monoisotopic (exact) mass is 443 g/mol. The molecule has 8 nitrogen and oxygen atoms in total. The van der Waals surface area contributed by atoms with Crippen LogP contribution < -0.4 is 0 Å². The fraction of sp³-hybridized carbons (Fsp3) is 0.273. The largest absolute Gasteiger partial charge is 0.465 e. The predicted octanol–water partition coefficient (Wildman–Crippen LogP) is 3.74. The van der Waals surface area contributed by atoms with Gasteiger partial charge in [0.2, 0.25) is 5.78 Å². The standard InChI is InChI=1S/C22H22ClN3O5/c1-12-18(22(29)30-4)13(2)25-19(12)20(27)14(3)31-21(28)16-9-24-26(11-16)10-15-7-5-6-8-17(15)23/h5-9,11,14,25H,10H2,1-4H3. The number of H-pyrrole nitrogens is 1. The molecule has 2 aromatic heterocycles. The second-order valence-corrected chi connectivity index (χ2v) is 7.45. The highest BCUT2D eigenvalue weighted by atomic mass is 35.5. The van der Waals surface area contributed by atoms with Crippen molar-refractivity contribution in [2.45, 2.75) is 33.4 Å². The highest BCUT2D eigenvalue weighted by Gasteiger charge is 2.28. The zero-order valence-corrected chi connectivity index (χ0v) is 18.3. The molecule has 0 saturated heterocycles. The summed E-state index contributed by atoms with van der Waals surface area (Å²) < 4.78 is 11.6. The van der Waals surface area contributed by atoms with Crippen LogP contribution in [0.4, 0.5) is 0 Å². The molecule has 0 spiro atoms. The average Bonchev–Trinajstić information content (AvgIpc) is 3.32. The summed E-state index contributed by atoms with van der Waals surface area (Å²) in [7, 11) is 1.27. The fourth-order valence-corrected chi connectivity index (χ4v) is 3.44.